The van der Waals surface area contributed by atoms with Gasteiger partial charge in [0.05, 0.1) is 23.7 Å². The Kier molecular flexibility index (Phi) is 6.65. The lowest BCUT2D eigenvalue weighted by Crippen LogP contribution is -2.23. The summed E-state index contributed by atoms with van der Waals surface area (Å²) in [6.07, 6.45) is 1.52. The second-order valence-corrected chi connectivity index (χ2v) is 7.09. The van der Waals surface area contributed by atoms with Gasteiger partial charge in [0.1, 0.15) is 17.8 Å². The molecule has 0 saturated carbocycles. The van der Waals surface area contributed by atoms with Gasteiger partial charge >= 0.3 is 6.61 Å². The fourth-order valence-electron chi connectivity index (χ4n) is 2.51. The molecule has 3 rings (SSSR count). The van der Waals surface area contributed by atoms with Crippen LogP contribution in [0.4, 0.5) is 14.5 Å². The molecule has 2 aromatic carbocycles. The highest BCUT2D eigenvalue weighted by molar-refractivity contribution is 8.00. The van der Waals surface area contributed by atoms with Gasteiger partial charge in [0.25, 0.3) is 0 Å². The maximum atomic E-state index is 12.6. The summed E-state index contributed by atoms with van der Waals surface area (Å²) in [7, 11) is 1.56. The molecule has 0 saturated heterocycles. The van der Waals surface area contributed by atoms with Gasteiger partial charge in [-0.15, -0.1) is 10.2 Å². The highest BCUT2D eigenvalue weighted by atomic mass is 32.2. The number of amides is 1. The number of nitrogens with one attached hydrogen (secondary N) is 1. The molecule has 0 bridgehead atoms. The molecule has 29 heavy (non-hydrogen) atoms. The zero-order valence-electron chi connectivity index (χ0n) is 15.6. The smallest absolute Gasteiger partial charge is 0.387 e. The maximum absolute atomic E-state index is 12.6. The van der Waals surface area contributed by atoms with E-state index >= 15 is 0 Å². The summed E-state index contributed by atoms with van der Waals surface area (Å²) in [5.41, 5.74) is 0.891. The number of carbonyl (C=O) groups is 1. The first kappa shape index (κ1) is 20.6. The van der Waals surface area contributed by atoms with E-state index in [-0.39, 0.29) is 11.4 Å². The number of carbonyl (C=O) groups excluding carboxylic acids is 1. The van der Waals surface area contributed by atoms with E-state index in [1.807, 2.05) is 18.2 Å². The zero-order chi connectivity index (χ0) is 20.8. The van der Waals surface area contributed by atoms with Crippen LogP contribution in [0.3, 0.4) is 0 Å². The van der Waals surface area contributed by atoms with Crippen molar-refractivity contribution in [2.75, 3.05) is 12.4 Å². The number of alkyl halides is 2. The number of benzene rings is 2. The number of anilines is 1. The monoisotopic (exact) mass is 420 g/mol. The Morgan fingerprint density at radius 3 is 2.55 bits per heavy atom. The number of methoxy groups -OCH3 is 1. The fourth-order valence-corrected chi connectivity index (χ4v) is 3.35. The van der Waals surface area contributed by atoms with E-state index in [1.165, 1.54) is 30.2 Å². The van der Waals surface area contributed by atoms with E-state index in [0.717, 1.165) is 5.69 Å². The highest BCUT2D eigenvalue weighted by Crippen LogP contribution is 2.30. The van der Waals surface area contributed by atoms with Crippen LogP contribution in [-0.2, 0) is 4.79 Å². The van der Waals surface area contributed by atoms with E-state index < -0.39 is 17.8 Å². The van der Waals surface area contributed by atoms with Gasteiger partial charge in [0.15, 0.2) is 5.16 Å². The Morgan fingerprint density at radius 1 is 1.14 bits per heavy atom. The first-order valence-corrected chi connectivity index (χ1v) is 9.42. The van der Waals surface area contributed by atoms with E-state index in [9.17, 15) is 13.6 Å². The average molecular weight is 420 g/mol. The molecule has 1 heterocycles. The predicted molar refractivity (Wildman–Crippen MR) is 105 cm³/mol. The van der Waals surface area contributed by atoms with Crippen LogP contribution in [0.15, 0.2) is 60.0 Å². The van der Waals surface area contributed by atoms with Gasteiger partial charge < -0.3 is 14.8 Å². The third-order valence-electron chi connectivity index (χ3n) is 3.87. The van der Waals surface area contributed by atoms with Crippen molar-refractivity contribution in [3.63, 3.8) is 0 Å². The number of para-hydroxylation sites is 4. The molecule has 3 aromatic rings. The predicted octanol–water partition coefficient (Wildman–Crippen LogP) is 4.00. The number of ether oxygens (including phenoxy) is 2. The van der Waals surface area contributed by atoms with Gasteiger partial charge in [0.2, 0.25) is 5.91 Å². The van der Waals surface area contributed by atoms with Gasteiger partial charge in [-0.3, -0.25) is 9.36 Å². The van der Waals surface area contributed by atoms with Crippen molar-refractivity contribution in [3.8, 4) is 17.2 Å². The SMILES string of the molecule is COc1ccccc1-n1cnnc1SC(C)C(=O)Nc1ccccc1OC(F)F. The van der Waals surface area contributed by atoms with E-state index in [0.29, 0.717) is 10.9 Å². The summed E-state index contributed by atoms with van der Waals surface area (Å²) < 4.78 is 36.6. The number of hydrogen-bond donors (Lipinski definition) is 1. The second kappa shape index (κ2) is 9.37. The van der Waals surface area contributed by atoms with Crippen molar-refractivity contribution < 1.29 is 23.0 Å². The standard InChI is InChI=1S/C19H18F2N4O3S/c1-12(17(26)23-13-7-3-5-9-15(13)28-18(20)21)29-19-24-22-11-25(19)14-8-4-6-10-16(14)27-2/h3-12,18H,1-2H3,(H,23,26). The first-order chi connectivity index (χ1) is 14.0. The number of nitrogens with zero attached hydrogens (tertiary/aromatic N) is 3. The molecule has 152 valence electrons. The number of rotatable bonds is 8. The summed E-state index contributed by atoms with van der Waals surface area (Å²) in [5, 5.41) is 10.5. The molecule has 0 radical (unpaired) electrons. The molecule has 10 heteroatoms. The Bertz CT molecular complexity index is 983. The third kappa shape index (κ3) is 5.02. The third-order valence-corrected chi connectivity index (χ3v) is 4.93. The quantitative estimate of drug-likeness (QED) is 0.555. The fraction of sp³-hybridized carbons (Fsp3) is 0.211. The van der Waals surface area contributed by atoms with E-state index in [1.54, 1.807) is 36.8 Å². The van der Waals surface area contributed by atoms with Gasteiger partial charge in [-0.1, -0.05) is 36.0 Å². The Morgan fingerprint density at radius 2 is 1.83 bits per heavy atom. The van der Waals surface area contributed by atoms with Crippen LogP contribution < -0.4 is 14.8 Å². The molecule has 1 unspecified atom stereocenters. The Hall–Kier alpha value is -3.14. The van der Waals surface area contributed by atoms with Gasteiger partial charge in [0, 0.05) is 0 Å². The maximum Gasteiger partial charge on any atom is 0.387 e. The van der Waals surface area contributed by atoms with Crippen LogP contribution in [0.25, 0.3) is 5.69 Å². The van der Waals surface area contributed by atoms with Crippen LogP contribution in [0.2, 0.25) is 0 Å². The molecular weight excluding hydrogens is 402 g/mol. The normalized spacial score (nSPS) is 11.9. The van der Waals surface area contributed by atoms with Crippen LogP contribution in [0.5, 0.6) is 11.5 Å². The first-order valence-electron chi connectivity index (χ1n) is 8.54. The zero-order valence-corrected chi connectivity index (χ0v) is 16.4. The topological polar surface area (TPSA) is 78.3 Å². The number of aromatic nitrogens is 3. The Balaban J connectivity index is 1.75. The molecule has 1 atom stereocenters. The number of halogens is 2. The van der Waals surface area contributed by atoms with Crippen molar-refractivity contribution in [1.29, 1.82) is 0 Å². The van der Waals surface area contributed by atoms with Crippen LogP contribution in [0.1, 0.15) is 6.92 Å². The van der Waals surface area contributed by atoms with Crippen molar-refractivity contribution in [2.45, 2.75) is 23.9 Å². The summed E-state index contributed by atoms with van der Waals surface area (Å²) in [4.78, 5) is 12.6. The minimum atomic E-state index is -2.99. The highest BCUT2D eigenvalue weighted by Gasteiger charge is 2.21. The molecule has 0 fully saturated rings. The molecular formula is C19H18F2N4O3S. The lowest BCUT2D eigenvalue weighted by molar-refractivity contribution is -0.115. The molecule has 1 amide bonds. The molecule has 0 aliphatic heterocycles. The second-order valence-electron chi connectivity index (χ2n) is 5.78. The number of hydrogen-bond acceptors (Lipinski definition) is 6. The van der Waals surface area contributed by atoms with Gasteiger partial charge in [-0.05, 0) is 31.2 Å². The largest absolute Gasteiger partial charge is 0.495 e. The molecule has 1 aromatic heterocycles. The summed E-state index contributed by atoms with van der Waals surface area (Å²) in [6.45, 7) is -1.31. The summed E-state index contributed by atoms with van der Waals surface area (Å²) >= 11 is 1.17. The minimum absolute atomic E-state index is 0.106. The molecule has 0 spiro atoms. The molecule has 7 nitrogen and oxygen atoms in total. The summed E-state index contributed by atoms with van der Waals surface area (Å²) in [6, 6.07) is 13.3. The van der Waals surface area contributed by atoms with Crippen molar-refractivity contribution in [1.82, 2.24) is 14.8 Å². The molecule has 0 aliphatic carbocycles. The van der Waals surface area contributed by atoms with Crippen LogP contribution >= 0.6 is 11.8 Å². The lowest BCUT2D eigenvalue weighted by Gasteiger charge is -2.15. The van der Waals surface area contributed by atoms with Crippen molar-refractivity contribution in [2.24, 2.45) is 0 Å². The lowest BCUT2D eigenvalue weighted by atomic mass is 10.3. The van der Waals surface area contributed by atoms with Crippen LogP contribution in [0, 0.1) is 0 Å². The molecule has 1 N–H and O–H groups in total. The van der Waals surface area contributed by atoms with E-state index in [4.69, 9.17) is 4.74 Å². The van der Waals surface area contributed by atoms with Crippen molar-refractivity contribution >= 4 is 23.4 Å². The minimum Gasteiger partial charge on any atom is -0.495 e. The number of thioether (sulfide) groups is 1. The van der Waals surface area contributed by atoms with Crippen LogP contribution in [-0.4, -0.2) is 39.6 Å². The average Bonchev–Trinajstić information content (AvgIpc) is 3.16. The van der Waals surface area contributed by atoms with Gasteiger partial charge in [-0.25, -0.2) is 0 Å². The van der Waals surface area contributed by atoms with Gasteiger partial charge in [-0.2, -0.15) is 8.78 Å². The van der Waals surface area contributed by atoms with Crippen molar-refractivity contribution in [3.05, 3.63) is 54.9 Å². The Labute approximate surface area is 170 Å². The molecule has 0 aliphatic rings. The summed E-state index contributed by atoms with van der Waals surface area (Å²) in [5.74, 6) is 0.129. The van der Waals surface area contributed by atoms with E-state index in [2.05, 4.69) is 20.3 Å².